The van der Waals surface area contributed by atoms with Gasteiger partial charge in [0.1, 0.15) is 11.4 Å². The van der Waals surface area contributed by atoms with Gasteiger partial charge in [0.05, 0.1) is 5.56 Å². The highest BCUT2D eigenvalue weighted by molar-refractivity contribution is 6.30. The van der Waals surface area contributed by atoms with Crippen molar-refractivity contribution in [2.75, 3.05) is 20.3 Å². The van der Waals surface area contributed by atoms with Crippen LogP contribution in [0.15, 0.2) is 22.7 Å². The molecule has 0 spiro atoms. The molecule has 1 aliphatic rings. The van der Waals surface area contributed by atoms with E-state index in [0.717, 1.165) is 0 Å². The van der Waals surface area contributed by atoms with Gasteiger partial charge >= 0.3 is 0 Å². The predicted octanol–water partition coefficient (Wildman–Crippen LogP) is 2.75. The van der Waals surface area contributed by atoms with E-state index < -0.39 is 5.60 Å². The number of phenols is 1. The Hall–Kier alpha value is -1.63. The third-order valence-electron chi connectivity index (χ3n) is 3.71. The smallest absolute Gasteiger partial charge is 0.261 e. The van der Waals surface area contributed by atoms with Gasteiger partial charge in [0, 0.05) is 38.2 Å². The second-order valence-corrected chi connectivity index (χ2v) is 5.33. The number of aromatic hydroxyl groups is 1. The van der Waals surface area contributed by atoms with Crippen LogP contribution in [0.25, 0.3) is 11.5 Å². The quantitative estimate of drug-likeness (QED) is 0.939. The van der Waals surface area contributed by atoms with Crippen molar-refractivity contribution < 1.29 is 19.1 Å². The Labute approximate surface area is 126 Å². The third kappa shape index (κ3) is 2.62. The maximum Gasteiger partial charge on any atom is 0.261 e. The van der Waals surface area contributed by atoms with Gasteiger partial charge in [0.25, 0.3) is 5.89 Å². The fourth-order valence-corrected chi connectivity index (χ4v) is 2.59. The molecule has 0 atom stereocenters. The average Bonchev–Trinajstić information content (AvgIpc) is 2.98. The van der Waals surface area contributed by atoms with Crippen molar-refractivity contribution in [3.8, 4) is 17.2 Å². The van der Waals surface area contributed by atoms with Crippen LogP contribution >= 0.6 is 11.6 Å². The van der Waals surface area contributed by atoms with Gasteiger partial charge in [0.2, 0.25) is 5.82 Å². The van der Waals surface area contributed by atoms with Crippen LogP contribution in [-0.4, -0.2) is 35.6 Å². The molecule has 1 saturated heterocycles. The van der Waals surface area contributed by atoms with Crippen LogP contribution in [0.5, 0.6) is 5.75 Å². The van der Waals surface area contributed by atoms with E-state index in [-0.39, 0.29) is 11.6 Å². The summed E-state index contributed by atoms with van der Waals surface area (Å²) in [6.45, 7) is 1.17. The zero-order chi connectivity index (χ0) is 14.9. The molecule has 1 aromatic heterocycles. The Bertz CT molecular complexity index is 638. The second-order valence-electron chi connectivity index (χ2n) is 4.90. The molecular formula is C14H15ClN2O4. The van der Waals surface area contributed by atoms with E-state index in [1.807, 2.05) is 0 Å². The monoisotopic (exact) mass is 310 g/mol. The van der Waals surface area contributed by atoms with Crippen LogP contribution in [0.2, 0.25) is 5.02 Å². The van der Waals surface area contributed by atoms with Crippen molar-refractivity contribution in [2.45, 2.75) is 18.4 Å². The number of hydrogen-bond acceptors (Lipinski definition) is 6. The van der Waals surface area contributed by atoms with Crippen molar-refractivity contribution in [1.29, 1.82) is 0 Å². The molecule has 0 saturated carbocycles. The molecule has 2 heterocycles. The van der Waals surface area contributed by atoms with Gasteiger partial charge < -0.3 is 19.1 Å². The van der Waals surface area contributed by atoms with Crippen molar-refractivity contribution in [3.63, 3.8) is 0 Å². The van der Waals surface area contributed by atoms with Crippen molar-refractivity contribution >= 4 is 11.6 Å². The van der Waals surface area contributed by atoms with Crippen molar-refractivity contribution in [3.05, 3.63) is 29.0 Å². The minimum atomic E-state index is -0.595. The Morgan fingerprint density at radius 3 is 2.76 bits per heavy atom. The van der Waals surface area contributed by atoms with Crippen LogP contribution in [0.3, 0.4) is 0 Å². The van der Waals surface area contributed by atoms with E-state index in [1.165, 1.54) is 6.07 Å². The molecule has 1 fully saturated rings. The molecule has 2 aromatic rings. The maximum atomic E-state index is 9.92. The molecule has 1 aliphatic heterocycles. The molecule has 21 heavy (non-hydrogen) atoms. The van der Waals surface area contributed by atoms with E-state index in [4.69, 9.17) is 25.6 Å². The third-order valence-corrected chi connectivity index (χ3v) is 3.95. The lowest BCUT2D eigenvalue weighted by Crippen LogP contribution is -2.36. The Morgan fingerprint density at radius 2 is 2.10 bits per heavy atom. The normalized spacial score (nSPS) is 17.8. The summed E-state index contributed by atoms with van der Waals surface area (Å²) in [5.74, 6) is 0.705. The van der Waals surface area contributed by atoms with Gasteiger partial charge in [-0.05, 0) is 18.2 Å². The molecule has 7 heteroatoms. The second kappa shape index (κ2) is 5.63. The number of halogens is 1. The van der Waals surface area contributed by atoms with E-state index in [2.05, 4.69) is 10.1 Å². The minimum absolute atomic E-state index is 0.00357. The fraction of sp³-hybridized carbons (Fsp3) is 0.429. The first-order valence-corrected chi connectivity index (χ1v) is 6.98. The van der Waals surface area contributed by atoms with Gasteiger partial charge in [-0.25, -0.2) is 0 Å². The molecule has 1 N–H and O–H groups in total. The van der Waals surface area contributed by atoms with Crippen LogP contribution < -0.4 is 0 Å². The van der Waals surface area contributed by atoms with Crippen molar-refractivity contribution in [2.24, 2.45) is 0 Å². The number of phenolic OH excluding ortho intramolecular Hbond substituents is 1. The number of aromatic nitrogens is 2. The summed E-state index contributed by atoms with van der Waals surface area (Å²) >= 11 is 5.82. The molecule has 3 rings (SSSR count). The number of rotatable bonds is 3. The van der Waals surface area contributed by atoms with E-state index >= 15 is 0 Å². The molecule has 0 amide bonds. The standard InChI is InChI=1S/C14H15ClN2O4/c1-19-14(4-6-20-7-5-14)13-16-12(21-17-13)10-3-2-9(15)8-11(10)18/h2-3,8,18H,4-7H2,1H3. The summed E-state index contributed by atoms with van der Waals surface area (Å²) in [4.78, 5) is 4.38. The highest BCUT2D eigenvalue weighted by Gasteiger charge is 2.39. The van der Waals surface area contributed by atoms with E-state index in [0.29, 0.717) is 42.5 Å². The molecule has 0 aliphatic carbocycles. The Morgan fingerprint density at radius 1 is 1.33 bits per heavy atom. The predicted molar refractivity (Wildman–Crippen MR) is 75.1 cm³/mol. The molecule has 112 valence electrons. The lowest BCUT2D eigenvalue weighted by atomic mass is 9.93. The lowest BCUT2D eigenvalue weighted by molar-refractivity contribution is -0.101. The van der Waals surface area contributed by atoms with Gasteiger partial charge in [-0.1, -0.05) is 16.8 Å². The summed E-state index contributed by atoms with van der Waals surface area (Å²) < 4.78 is 16.2. The van der Waals surface area contributed by atoms with Gasteiger partial charge in [-0.15, -0.1) is 0 Å². The van der Waals surface area contributed by atoms with Crippen molar-refractivity contribution in [1.82, 2.24) is 10.1 Å². The Kier molecular flexibility index (Phi) is 3.84. The minimum Gasteiger partial charge on any atom is -0.507 e. The van der Waals surface area contributed by atoms with Crippen LogP contribution in [0, 0.1) is 0 Å². The van der Waals surface area contributed by atoms with Crippen LogP contribution in [-0.2, 0) is 15.1 Å². The molecule has 1 aromatic carbocycles. The highest BCUT2D eigenvalue weighted by atomic mass is 35.5. The van der Waals surface area contributed by atoms with Crippen LogP contribution in [0.4, 0.5) is 0 Å². The van der Waals surface area contributed by atoms with Gasteiger partial charge in [-0.3, -0.25) is 0 Å². The zero-order valence-corrected chi connectivity index (χ0v) is 12.3. The number of nitrogens with zero attached hydrogens (tertiary/aromatic N) is 2. The number of ether oxygens (including phenoxy) is 2. The first-order valence-electron chi connectivity index (χ1n) is 6.60. The summed E-state index contributed by atoms with van der Waals surface area (Å²) in [6.07, 6.45) is 1.32. The van der Waals surface area contributed by atoms with E-state index in [9.17, 15) is 5.11 Å². The highest BCUT2D eigenvalue weighted by Crippen LogP contribution is 2.36. The average molecular weight is 311 g/mol. The summed E-state index contributed by atoms with van der Waals surface area (Å²) in [7, 11) is 1.63. The first-order chi connectivity index (χ1) is 10.1. The first kappa shape index (κ1) is 14.3. The maximum absolute atomic E-state index is 9.92. The molecule has 0 unspecified atom stereocenters. The summed E-state index contributed by atoms with van der Waals surface area (Å²) in [5, 5.41) is 14.4. The summed E-state index contributed by atoms with van der Waals surface area (Å²) in [5.41, 5.74) is -0.154. The van der Waals surface area contributed by atoms with Gasteiger partial charge in [-0.2, -0.15) is 4.98 Å². The van der Waals surface area contributed by atoms with Crippen LogP contribution in [0.1, 0.15) is 18.7 Å². The number of benzene rings is 1. The molecule has 0 bridgehead atoms. The molecular weight excluding hydrogens is 296 g/mol. The van der Waals surface area contributed by atoms with E-state index in [1.54, 1.807) is 19.2 Å². The topological polar surface area (TPSA) is 77.6 Å². The molecule has 0 radical (unpaired) electrons. The lowest BCUT2D eigenvalue weighted by Gasteiger charge is -2.32. The molecule has 6 nitrogen and oxygen atoms in total. The van der Waals surface area contributed by atoms with Gasteiger partial charge in [0.15, 0.2) is 0 Å². The number of methoxy groups -OCH3 is 1. The fourth-order valence-electron chi connectivity index (χ4n) is 2.42. The Balaban J connectivity index is 1.95. The SMILES string of the molecule is COC1(c2noc(-c3ccc(Cl)cc3O)n2)CCOCC1. The summed E-state index contributed by atoms with van der Waals surface area (Å²) in [6, 6.07) is 4.72. The number of hydrogen-bond donors (Lipinski definition) is 1. The largest absolute Gasteiger partial charge is 0.507 e. The zero-order valence-electron chi connectivity index (χ0n) is 11.5.